The summed E-state index contributed by atoms with van der Waals surface area (Å²) >= 11 is 0. The maximum Gasteiger partial charge on any atom is 0.162 e. The highest BCUT2D eigenvalue weighted by Gasteiger charge is 2.22. The van der Waals surface area contributed by atoms with Crippen LogP contribution in [0.15, 0.2) is 18.2 Å². The molecule has 1 N–H and O–H groups in total. The number of phenolic OH excluding ortho intramolecular Hbond substituents is 1. The number of rotatable bonds is 2. The van der Waals surface area contributed by atoms with Crippen LogP contribution in [0.5, 0.6) is 11.5 Å². The average Bonchev–Trinajstić information content (AvgIpc) is 2.18. The van der Waals surface area contributed by atoms with Crippen molar-refractivity contribution in [3.05, 3.63) is 23.8 Å². The maximum atomic E-state index is 9.83. The zero-order valence-corrected chi connectivity index (χ0v) is 8.66. The van der Waals surface area contributed by atoms with Gasteiger partial charge >= 0.3 is 0 Å². The lowest BCUT2D eigenvalue weighted by Gasteiger charge is -2.20. The van der Waals surface area contributed by atoms with Crippen LogP contribution in [-0.4, -0.2) is 12.2 Å². The molecule has 0 atom stereocenters. The van der Waals surface area contributed by atoms with Gasteiger partial charge in [0.25, 0.3) is 0 Å². The lowest BCUT2D eigenvalue weighted by Crippen LogP contribution is -2.14. The van der Waals surface area contributed by atoms with E-state index in [1.807, 2.05) is 19.9 Å². The molecule has 0 aromatic heterocycles. The third-order valence-corrected chi connectivity index (χ3v) is 2.25. The number of hydrogen-bond acceptors (Lipinski definition) is 2. The molecule has 0 fully saturated rings. The van der Waals surface area contributed by atoms with Crippen LogP contribution in [0.2, 0.25) is 0 Å². The second-order valence-electron chi connectivity index (χ2n) is 3.63. The van der Waals surface area contributed by atoms with Gasteiger partial charge in [-0.1, -0.05) is 18.1 Å². The van der Waals surface area contributed by atoms with Crippen LogP contribution in [-0.2, 0) is 5.41 Å². The molecule has 0 spiro atoms. The Kier molecular flexibility index (Phi) is 2.71. The molecular weight excluding hydrogens is 176 g/mol. The van der Waals surface area contributed by atoms with Gasteiger partial charge in [-0.25, -0.2) is 0 Å². The molecule has 0 saturated heterocycles. The number of terminal acetylenes is 1. The van der Waals surface area contributed by atoms with E-state index in [9.17, 15) is 5.11 Å². The normalized spacial score (nSPS) is 10.7. The second-order valence-corrected chi connectivity index (χ2v) is 3.63. The van der Waals surface area contributed by atoms with Crippen molar-refractivity contribution in [2.24, 2.45) is 0 Å². The quantitative estimate of drug-likeness (QED) is 0.725. The van der Waals surface area contributed by atoms with Crippen LogP contribution in [0.25, 0.3) is 0 Å². The number of ether oxygens (including phenoxy) is 1. The first kappa shape index (κ1) is 10.5. The highest BCUT2D eigenvalue weighted by molar-refractivity contribution is 5.51. The van der Waals surface area contributed by atoms with Crippen LogP contribution in [0.1, 0.15) is 19.4 Å². The molecule has 0 amide bonds. The molecule has 2 nitrogen and oxygen atoms in total. The molecule has 1 aromatic rings. The van der Waals surface area contributed by atoms with E-state index in [4.69, 9.17) is 11.2 Å². The van der Waals surface area contributed by atoms with Gasteiger partial charge in [0.2, 0.25) is 0 Å². The number of aromatic hydroxyl groups is 1. The van der Waals surface area contributed by atoms with Gasteiger partial charge in [0, 0.05) is 5.56 Å². The smallest absolute Gasteiger partial charge is 0.162 e. The van der Waals surface area contributed by atoms with Gasteiger partial charge in [-0.05, 0) is 19.9 Å². The predicted octanol–water partition coefficient (Wildman–Crippen LogP) is 2.31. The Morgan fingerprint density at radius 3 is 2.57 bits per heavy atom. The first-order valence-electron chi connectivity index (χ1n) is 4.37. The molecule has 74 valence electrons. The summed E-state index contributed by atoms with van der Waals surface area (Å²) in [6.07, 6.45) is 5.40. The van der Waals surface area contributed by atoms with E-state index in [1.165, 1.54) is 7.11 Å². The summed E-state index contributed by atoms with van der Waals surface area (Å²) in [5, 5.41) is 9.83. The molecule has 0 saturated carbocycles. The summed E-state index contributed by atoms with van der Waals surface area (Å²) in [5.74, 6) is 3.21. The molecule has 0 aliphatic rings. The SMILES string of the molecule is C#CC(C)(C)c1cccc(OC)c1O. The summed E-state index contributed by atoms with van der Waals surface area (Å²) in [4.78, 5) is 0. The summed E-state index contributed by atoms with van der Waals surface area (Å²) in [6, 6.07) is 5.32. The Morgan fingerprint density at radius 2 is 2.07 bits per heavy atom. The summed E-state index contributed by atoms with van der Waals surface area (Å²) < 4.78 is 5.01. The van der Waals surface area contributed by atoms with Crippen LogP contribution in [0, 0.1) is 12.3 Å². The number of methoxy groups -OCH3 is 1. The second kappa shape index (κ2) is 3.63. The van der Waals surface area contributed by atoms with Crippen LogP contribution < -0.4 is 4.74 Å². The monoisotopic (exact) mass is 190 g/mol. The Labute approximate surface area is 84.5 Å². The zero-order valence-electron chi connectivity index (χ0n) is 8.66. The molecule has 0 bridgehead atoms. The van der Waals surface area contributed by atoms with Crippen molar-refractivity contribution in [1.29, 1.82) is 0 Å². The highest BCUT2D eigenvalue weighted by Crippen LogP contribution is 2.36. The largest absolute Gasteiger partial charge is 0.504 e. The van der Waals surface area contributed by atoms with Crippen LogP contribution >= 0.6 is 0 Å². The van der Waals surface area contributed by atoms with Gasteiger partial charge in [-0.3, -0.25) is 0 Å². The van der Waals surface area contributed by atoms with E-state index in [2.05, 4.69) is 5.92 Å². The number of phenols is 1. The van der Waals surface area contributed by atoms with Crippen LogP contribution in [0.3, 0.4) is 0 Å². The lowest BCUT2D eigenvalue weighted by atomic mass is 9.85. The van der Waals surface area contributed by atoms with Gasteiger partial charge in [0.15, 0.2) is 11.5 Å². The Balaban J connectivity index is 3.31. The zero-order chi connectivity index (χ0) is 10.8. The molecule has 0 radical (unpaired) electrons. The maximum absolute atomic E-state index is 9.83. The Morgan fingerprint density at radius 1 is 1.43 bits per heavy atom. The lowest BCUT2D eigenvalue weighted by molar-refractivity contribution is 0.367. The number of benzene rings is 1. The van der Waals surface area contributed by atoms with Gasteiger partial charge in [-0.15, -0.1) is 6.42 Å². The van der Waals surface area contributed by atoms with Crippen molar-refractivity contribution in [1.82, 2.24) is 0 Å². The standard InChI is InChI=1S/C12H14O2/c1-5-12(2,3)9-7-6-8-10(14-4)11(9)13/h1,6-8,13H,2-4H3. The number of hydrogen-bond donors (Lipinski definition) is 1. The molecular formula is C12H14O2. The van der Waals surface area contributed by atoms with Crippen molar-refractivity contribution >= 4 is 0 Å². The molecule has 1 aromatic carbocycles. The van der Waals surface area contributed by atoms with Crippen molar-refractivity contribution < 1.29 is 9.84 Å². The minimum Gasteiger partial charge on any atom is -0.504 e. The fraction of sp³-hybridized carbons (Fsp3) is 0.333. The van der Waals surface area contributed by atoms with Crippen molar-refractivity contribution in [3.63, 3.8) is 0 Å². The molecule has 2 heteroatoms. The molecule has 0 heterocycles. The van der Waals surface area contributed by atoms with Crippen molar-refractivity contribution in [2.75, 3.05) is 7.11 Å². The van der Waals surface area contributed by atoms with Gasteiger partial charge in [-0.2, -0.15) is 0 Å². The summed E-state index contributed by atoms with van der Waals surface area (Å²) in [7, 11) is 1.52. The first-order chi connectivity index (χ1) is 6.53. The van der Waals surface area contributed by atoms with E-state index < -0.39 is 5.41 Å². The predicted molar refractivity (Wildman–Crippen MR) is 56.5 cm³/mol. The average molecular weight is 190 g/mol. The molecule has 0 unspecified atom stereocenters. The first-order valence-corrected chi connectivity index (χ1v) is 4.37. The molecule has 0 aliphatic heterocycles. The fourth-order valence-electron chi connectivity index (χ4n) is 1.27. The molecule has 0 aliphatic carbocycles. The van der Waals surface area contributed by atoms with Gasteiger partial charge in [0.05, 0.1) is 12.5 Å². The number of para-hydroxylation sites is 1. The van der Waals surface area contributed by atoms with E-state index in [-0.39, 0.29) is 5.75 Å². The van der Waals surface area contributed by atoms with E-state index in [1.54, 1.807) is 12.1 Å². The van der Waals surface area contributed by atoms with Gasteiger partial charge in [0.1, 0.15) is 0 Å². The summed E-state index contributed by atoms with van der Waals surface area (Å²) in [6.45, 7) is 3.75. The van der Waals surface area contributed by atoms with Crippen LogP contribution in [0.4, 0.5) is 0 Å². The third-order valence-electron chi connectivity index (χ3n) is 2.25. The molecule has 14 heavy (non-hydrogen) atoms. The minimum absolute atomic E-state index is 0.123. The van der Waals surface area contributed by atoms with Gasteiger partial charge < -0.3 is 9.84 Å². The van der Waals surface area contributed by atoms with Crippen molar-refractivity contribution in [3.8, 4) is 23.8 Å². The summed E-state index contributed by atoms with van der Waals surface area (Å²) in [5.41, 5.74) is 0.220. The Hall–Kier alpha value is -1.62. The fourth-order valence-corrected chi connectivity index (χ4v) is 1.27. The van der Waals surface area contributed by atoms with Crippen molar-refractivity contribution in [2.45, 2.75) is 19.3 Å². The van der Waals surface area contributed by atoms with E-state index >= 15 is 0 Å². The Bertz CT molecular complexity index is 372. The van der Waals surface area contributed by atoms with E-state index in [0.717, 1.165) is 0 Å². The highest BCUT2D eigenvalue weighted by atomic mass is 16.5. The topological polar surface area (TPSA) is 29.5 Å². The third kappa shape index (κ3) is 1.67. The minimum atomic E-state index is -0.487. The van der Waals surface area contributed by atoms with E-state index in [0.29, 0.717) is 11.3 Å². The molecule has 1 rings (SSSR count).